The summed E-state index contributed by atoms with van der Waals surface area (Å²) in [7, 11) is 3.14. The van der Waals surface area contributed by atoms with E-state index in [2.05, 4.69) is 13.8 Å². The summed E-state index contributed by atoms with van der Waals surface area (Å²) in [5, 5.41) is 11.4. The standard InChI is InChI=1S/C31H41NO7/c1-5-7-9-19-39-25-15-14-22(21-26(25)37-4)28-27(30(34)31(35)32(28)16-11-17-36-3)29(33)23-12-10-13-24(20-23)38-18-8-6-2/h10,12-15,20-21,28,33H,5-9,11,16-19H2,1-4H3/b29-27+. The van der Waals surface area contributed by atoms with E-state index in [9.17, 15) is 14.7 Å². The second kappa shape index (κ2) is 15.2. The second-order valence-electron chi connectivity index (χ2n) is 9.53. The number of aliphatic hydroxyl groups is 1. The van der Waals surface area contributed by atoms with Gasteiger partial charge in [-0.3, -0.25) is 9.59 Å². The second-order valence-corrected chi connectivity index (χ2v) is 9.53. The van der Waals surface area contributed by atoms with Crippen molar-refractivity contribution in [1.82, 2.24) is 4.90 Å². The summed E-state index contributed by atoms with van der Waals surface area (Å²) in [5.74, 6) is 0.0402. The first-order valence-electron chi connectivity index (χ1n) is 13.8. The Hall–Kier alpha value is -3.52. The van der Waals surface area contributed by atoms with Gasteiger partial charge >= 0.3 is 0 Å². The van der Waals surface area contributed by atoms with Gasteiger partial charge in [-0.25, -0.2) is 0 Å². The first kappa shape index (κ1) is 30.0. The summed E-state index contributed by atoms with van der Waals surface area (Å²) >= 11 is 0. The Morgan fingerprint density at radius 2 is 1.64 bits per heavy atom. The summed E-state index contributed by atoms with van der Waals surface area (Å²) in [6, 6.07) is 11.5. The molecule has 8 nitrogen and oxygen atoms in total. The third-order valence-electron chi connectivity index (χ3n) is 6.67. The molecule has 2 aromatic rings. The van der Waals surface area contributed by atoms with E-state index in [0.29, 0.717) is 54.6 Å². The number of ketones is 1. The van der Waals surface area contributed by atoms with Gasteiger partial charge in [0.1, 0.15) is 11.5 Å². The van der Waals surface area contributed by atoms with Crippen LogP contribution in [0.3, 0.4) is 0 Å². The molecule has 0 saturated carbocycles. The summed E-state index contributed by atoms with van der Waals surface area (Å²) in [6.07, 6.45) is 5.54. The van der Waals surface area contributed by atoms with Crippen molar-refractivity contribution >= 4 is 17.4 Å². The van der Waals surface area contributed by atoms with Crippen LogP contribution < -0.4 is 14.2 Å². The molecule has 1 aliphatic heterocycles. The molecule has 8 heteroatoms. The Bertz CT molecular complexity index is 1140. The number of unbranched alkanes of at least 4 members (excludes halogenated alkanes) is 3. The number of likely N-dealkylation sites (tertiary alicyclic amines) is 1. The van der Waals surface area contributed by atoms with Crippen molar-refractivity contribution in [3.8, 4) is 17.2 Å². The van der Waals surface area contributed by atoms with Crippen LogP contribution in [0.1, 0.15) is 69.5 Å². The molecular weight excluding hydrogens is 498 g/mol. The number of nitrogens with zero attached hydrogens (tertiary/aromatic N) is 1. The molecule has 3 rings (SSSR count). The number of hydrogen-bond acceptors (Lipinski definition) is 7. The summed E-state index contributed by atoms with van der Waals surface area (Å²) in [6.45, 7) is 6.05. The molecule has 1 N–H and O–H groups in total. The van der Waals surface area contributed by atoms with Gasteiger partial charge in [-0.2, -0.15) is 0 Å². The fourth-order valence-corrected chi connectivity index (χ4v) is 4.57. The van der Waals surface area contributed by atoms with Gasteiger partial charge in [-0.1, -0.05) is 51.3 Å². The number of carbonyl (C=O) groups is 2. The highest BCUT2D eigenvalue weighted by molar-refractivity contribution is 6.46. The Labute approximate surface area is 231 Å². The van der Waals surface area contributed by atoms with E-state index in [1.54, 1.807) is 50.6 Å². The lowest BCUT2D eigenvalue weighted by molar-refractivity contribution is -0.140. The van der Waals surface area contributed by atoms with Crippen LogP contribution in [-0.2, 0) is 14.3 Å². The molecule has 1 amide bonds. The van der Waals surface area contributed by atoms with Gasteiger partial charge in [0.15, 0.2) is 11.5 Å². The molecule has 1 atom stereocenters. The maximum absolute atomic E-state index is 13.3. The van der Waals surface area contributed by atoms with Crippen LogP contribution in [0.15, 0.2) is 48.0 Å². The third kappa shape index (κ3) is 7.53. The molecular formula is C31H41NO7. The number of aliphatic hydroxyl groups excluding tert-OH is 1. The zero-order valence-corrected chi connectivity index (χ0v) is 23.5. The number of ether oxygens (including phenoxy) is 4. The molecule has 1 aliphatic rings. The predicted octanol–water partition coefficient (Wildman–Crippen LogP) is 5.90. The van der Waals surface area contributed by atoms with Gasteiger partial charge in [0, 0.05) is 25.8 Å². The van der Waals surface area contributed by atoms with Gasteiger partial charge in [0.05, 0.1) is 31.9 Å². The lowest BCUT2D eigenvalue weighted by Gasteiger charge is -2.26. The average molecular weight is 540 g/mol. The van der Waals surface area contributed by atoms with E-state index in [1.807, 2.05) is 6.07 Å². The lowest BCUT2D eigenvalue weighted by Crippen LogP contribution is -2.31. The number of methoxy groups -OCH3 is 2. The molecule has 212 valence electrons. The third-order valence-corrected chi connectivity index (χ3v) is 6.67. The van der Waals surface area contributed by atoms with Crippen LogP contribution in [0.5, 0.6) is 17.2 Å². The summed E-state index contributed by atoms with van der Waals surface area (Å²) < 4.78 is 22.5. The molecule has 1 unspecified atom stereocenters. The van der Waals surface area contributed by atoms with Crippen molar-refractivity contribution in [2.24, 2.45) is 0 Å². The highest BCUT2D eigenvalue weighted by Crippen LogP contribution is 2.42. The highest BCUT2D eigenvalue weighted by Gasteiger charge is 2.46. The van der Waals surface area contributed by atoms with Crippen LogP contribution in [-0.4, -0.2) is 62.3 Å². The fraction of sp³-hybridized carbons (Fsp3) is 0.484. The smallest absolute Gasteiger partial charge is 0.295 e. The number of benzene rings is 2. The quantitative estimate of drug-likeness (QED) is 0.123. The zero-order chi connectivity index (χ0) is 28.2. The van der Waals surface area contributed by atoms with Gasteiger partial charge in [-0.05, 0) is 49.1 Å². The zero-order valence-electron chi connectivity index (χ0n) is 23.5. The number of carbonyl (C=O) groups excluding carboxylic acids is 2. The molecule has 0 spiro atoms. The average Bonchev–Trinajstić information content (AvgIpc) is 3.20. The molecule has 0 aliphatic carbocycles. The predicted molar refractivity (Wildman–Crippen MR) is 150 cm³/mol. The summed E-state index contributed by atoms with van der Waals surface area (Å²) in [5.41, 5.74) is 1.08. The van der Waals surface area contributed by atoms with Crippen LogP contribution in [0, 0.1) is 0 Å². The van der Waals surface area contributed by atoms with E-state index in [-0.39, 0.29) is 17.9 Å². The number of hydrogen-bond donors (Lipinski definition) is 1. The largest absolute Gasteiger partial charge is 0.507 e. The monoisotopic (exact) mass is 539 g/mol. The highest BCUT2D eigenvalue weighted by atomic mass is 16.5. The van der Waals surface area contributed by atoms with E-state index in [0.717, 1.165) is 32.1 Å². The van der Waals surface area contributed by atoms with E-state index >= 15 is 0 Å². The molecule has 2 aromatic carbocycles. The molecule has 39 heavy (non-hydrogen) atoms. The summed E-state index contributed by atoms with van der Waals surface area (Å²) in [4.78, 5) is 28.0. The number of amides is 1. The van der Waals surface area contributed by atoms with Gasteiger partial charge in [0.25, 0.3) is 11.7 Å². The van der Waals surface area contributed by atoms with E-state index in [4.69, 9.17) is 18.9 Å². The van der Waals surface area contributed by atoms with Crippen LogP contribution in [0.4, 0.5) is 0 Å². The molecule has 0 radical (unpaired) electrons. The first-order chi connectivity index (χ1) is 19.0. The Morgan fingerprint density at radius 3 is 2.36 bits per heavy atom. The van der Waals surface area contributed by atoms with Crippen molar-refractivity contribution in [1.29, 1.82) is 0 Å². The van der Waals surface area contributed by atoms with Crippen molar-refractivity contribution in [2.75, 3.05) is 40.6 Å². The Kier molecular flexibility index (Phi) is 11.7. The first-order valence-corrected chi connectivity index (χ1v) is 13.8. The number of rotatable bonds is 16. The normalized spacial score (nSPS) is 16.5. The number of Topliss-reactive ketones (excluding diaryl/α,β-unsaturated/α-hetero) is 1. The molecule has 0 bridgehead atoms. The van der Waals surface area contributed by atoms with Crippen LogP contribution >= 0.6 is 0 Å². The SMILES string of the molecule is CCCCCOc1ccc(C2/C(=C(\O)c3cccc(OCCCC)c3)C(=O)C(=O)N2CCCOC)cc1OC. The Morgan fingerprint density at radius 1 is 0.872 bits per heavy atom. The van der Waals surface area contributed by atoms with Crippen molar-refractivity contribution in [3.63, 3.8) is 0 Å². The van der Waals surface area contributed by atoms with Crippen molar-refractivity contribution in [3.05, 3.63) is 59.2 Å². The molecule has 1 heterocycles. The topological polar surface area (TPSA) is 94.5 Å². The molecule has 1 fully saturated rings. The van der Waals surface area contributed by atoms with E-state index in [1.165, 1.54) is 4.90 Å². The van der Waals surface area contributed by atoms with Crippen LogP contribution in [0.2, 0.25) is 0 Å². The van der Waals surface area contributed by atoms with Crippen molar-refractivity contribution < 1.29 is 33.6 Å². The van der Waals surface area contributed by atoms with Crippen molar-refractivity contribution in [2.45, 2.75) is 58.4 Å². The van der Waals surface area contributed by atoms with Gasteiger partial charge in [0.2, 0.25) is 0 Å². The maximum atomic E-state index is 13.3. The minimum Gasteiger partial charge on any atom is -0.507 e. The van der Waals surface area contributed by atoms with E-state index < -0.39 is 17.7 Å². The lowest BCUT2D eigenvalue weighted by atomic mass is 9.95. The Balaban J connectivity index is 2.03. The minimum absolute atomic E-state index is 0.0294. The minimum atomic E-state index is -0.797. The van der Waals surface area contributed by atoms with Gasteiger partial charge < -0.3 is 29.0 Å². The molecule has 1 saturated heterocycles. The fourth-order valence-electron chi connectivity index (χ4n) is 4.57. The maximum Gasteiger partial charge on any atom is 0.295 e. The van der Waals surface area contributed by atoms with Crippen LogP contribution in [0.25, 0.3) is 5.76 Å². The van der Waals surface area contributed by atoms with Gasteiger partial charge in [-0.15, -0.1) is 0 Å². The molecule has 0 aromatic heterocycles.